The quantitative estimate of drug-likeness (QED) is 0.755. The van der Waals surface area contributed by atoms with E-state index in [-0.39, 0.29) is 24.4 Å². The van der Waals surface area contributed by atoms with Crippen molar-refractivity contribution in [2.45, 2.75) is 32.7 Å². The van der Waals surface area contributed by atoms with E-state index in [0.717, 1.165) is 0 Å². The lowest BCUT2D eigenvalue weighted by atomic mass is 10.1. The highest BCUT2D eigenvalue weighted by atomic mass is 16.4. The molecule has 0 radical (unpaired) electrons. The maximum atomic E-state index is 11.8. The minimum atomic E-state index is -0.922. The minimum absolute atomic E-state index is 0.108. The highest BCUT2D eigenvalue weighted by Crippen LogP contribution is 2.15. The molecule has 1 rings (SSSR count). The van der Waals surface area contributed by atoms with Crippen LogP contribution >= 0.6 is 0 Å². The summed E-state index contributed by atoms with van der Waals surface area (Å²) in [7, 11) is 0. The average Bonchev–Trinajstić information content (AvgIpc) is 2.27. The van der Waals surface area contributed by atoms with Gasteiger partial charge < -0.3 is 15.7 Å². The fourth-order valence-corrected chi connectivity index (χ4v) is 1.50. The highest BCUT2D eigenvalue weighted by molar-refractivity contribution is 5.93. The van der Waals surface area contributed by atoms with Gasteiger partial charge in [-0.15, -0.1) is 0 Å². The number of benzene rings is 1. The summed E-state index contributed by atoms with van der Waals surface area (Å²) in [6.45, 7) is 6.10. The number of carbonyl (C=O) groups is 2. The van der Waals surface area contributed by atoms with Gasteiger partial charge in [0.1, 0.15) is 0 Å². The minimum Gasteiger partial charge on any atom is -0.481 e. The molecule has 5 heteroatoms. The smallest absolute Gasteiger partial charge is 0.307 e. The summed E-state index contributed by atoms with van der Waals surface area (Å²) in [4.78, 5) is 22.5. The molecule has 0 aromatic heterocycles. The predicted molar refractivity (Wildman–Crippen MR) is 74.2 cm³/mol. The summed E-state index contributed by atoms with van der Waals surface area (Å²) >= 11 is 0. The van der Waals surface area contributed by atoms with E-state index in [4.69, 9.17) is 5.11 Å². The lowest BCUT2D eigenvalue weighted by Gasteiger charge is -2.20. The van der Waals surface area contributed by atoms with Crippen LogP contribution < -0.4 is 10.6 Å². The summed E-state index contributed by atoms with van der Waals surface area (Å²) in [5.41, 5.74) is 1.00. The number of carboxylic acids is 1. The molecule has 0 saturated heterocycles. The Kier molecular flexibility index (Phi) is 5.06. The molecule has 1 aromatic carbocycles. The molecule has 3 N–H and O–H groups in total. The fourth-order valence-electron chi connectivity index (χ4n) is 1.50. The van der Waals surface area contributed by atoms with Gasteiger partial charge in [0.05, 0.1) is 13.0 Å². The molecule has 0 heterocycles. The van der Waals surface area contributed by atoms with Crippen LogP contribution in [0.4, 0.5) is 5.69 Å². The molecule has 0 bridgehead atoms. The second-order valence-electron chi connectivity index (χ2n) is 5.38. The number of nitrogens with one attached hydrogen (secondary N) is 2. The Morgan fingerprint density at radius 3 is 2.42 bits per heavy atom. The zero-order valence-corrected chi connectivity index (χ0v) is 11.5. The molecule has 0 unspecified atom stereocenters. The van der Waals surface area contributed by atoms with Crippen LogP contribution in [0.3, 0.4) is 0 Å². The van der Waals surface area contributed by atoms with Crippen LogP contribution in [0.15, 0.2) is 24.3 Å². The first-order valence-electron chi connectivity index (χ1n) is 6.12. The maximum absolute atomic E-state index is 11.8. The Morgan fingerprint density at radius 2 is 1.84 bits per heavy atom. The number of para-hydroxylation sites is 1. The average molecular weight is 264 g/mol. The zero-order chi connectivity index (χ0) is 14.5. The molecule has 0 saturated carbocycles. The van der Waals surface area contributed by atoms with Crippen molar-refractivity contribution in [3.05, 3.63) is 29.8 Å². The van der Waals surface area contributed by atoms with Crippen molar-refractivity contribution < 1.29 is 14.7 Å². The summed E-state index contributed by atoms with van der Waals surface area (Å²) in [5, 5.41) is 14.6. The van der Waals surface area contributed by atoms with Crippen molar-refractivity contribution in [3.63, 3.8) is 0 Å². The number of anilines is 1. The Hall–Kier alpha value is -1.88. The fraction of sp³-hybridized carbons (Fsp3) is 0.429. The lowest BCUT2D eigenvalue weighted by molar-refractivity contribution is -0.136. The van der Waals surface area contributed by atoms with E-state index in [0.29, 0.717) is 11.3 Å². The Morgan fingerprint density at radius 1 is 1.21 bits per heavy atom. The third-order valence-corrected chi connectivity index (χ3v) is 2.41. The Balaban J connectivity index is 2.66. The predicted octanol–water partition coefficient (Wildman–Crippen LogP) is 1.64. The van der Waals surface area contributed by atoms with Crippen LogP contribution in [0.2, 0.25) is 0 Å². The Labute approximate surface area is 113 Å². The first-order valence-corrected chi connectivity index (χ1v) is 6.12. The molecule has 0 aliphatic carbocycles. The largest absolute Gasteiger partial charge is 0.481 e. The highest BCUT2D eigenvalue weighted by Gasteiger charge is 2.13. The number of carboxylic acid groups (broad SMARTS) is 1. The molecule has 5 nitrogen and oxygen atoms in total. The van der Waals surface area contributed by atoms with Crippen LogP contribution in [-0.2, 0) is 16.0 Å². The van der Waals surface area contributed by atoms with Crippen LogP contribution in [0, 0.1) is 0 Å². The van der Waals surface area contributed by atoms with E-state index < -0.39 is 5.97 Å². The second kappa shape index (κ2) is 6.33. The number of aliphatic carboxylic acids is 1. The molecular weight excluding hydrogens is 244 g/mol. The molecule has 0 spiro atoms. The van der Waals surface area contributed by atoms with Gasteiger partial charge in [0.25, 0.3) is 0 Å². The van der Waals surface area contributed by atoms with E-state index in [2.05, 4.69) is 10.6 Å². The molecule has 1 aromatic rings. The first kappa shape index (κ1) is 15.2. The van der Waals surface area contributed by atoms with Gasteiger partial charge in [0, 0.05) is 11.2 Å². The van der Waals surface area contributed by atoms with Gasteiger partial charge in [-0.3, -0.25) is 9.59 Å². The molecular formula is C14H20N2O3. The molecule has 0 atom stereocenters. The van der Waals surface area contributed by atoms with Crippen molar-refractivity contribution >= 4 is 17.6 Å². The van der Waals surface area contributed by atoms with E-state index in [9.17, 15) is 9.59 Å². The number of hydrogen-bond donors (Lipinski definition) is 3. The number of carbonyl (C=O) groups excluding carboxylic acids is 1. The van der Waals surface area contributed by atoms with Crippen LogP contribution in [0.5, 0.6) is 0 Å². The van der Waals surface area contributed by atoms with Gasteiger partial charge in [-0.1, -0.05) is 18.2 Å². The SMILES string of the molecule is CC(C)(C)NCC(=O)Nc1ccccc1CC(=O)O. The van der Waals surface area contributed by atoms with Crippen LogP contribution in [0.25, 0.3) is 0 Å². The third kappa shape index (κ3) is 6.01. The van der Waals surface area contributed by atoms with E-state index in [1.165, 1.54) is 0 Å². The standard InChI is InChI=1S/C14H20N2O3/c1-14(2,3)15-9-12(17)16-11-7-5-4-6-10(11)8-13(18)19/h4-7,15H,8-9H2,1-3H3,(H,16,17)(H,18,19). The van der Waals surface area contributed by atoms with Crippen molar-refractivity contribution in [1.29, 1.82) is 0 Å². The van der Waals surface area contributed by atoms with Gasteiger partial charge in [0.15, 0.2) is 0 Å². The maximum Gasteiger partial charge on any atom is 0.307 e. The van der Waals surface area contributed by atoms with Crippen molar-refractivity contribution in [2.24, 2.45) is 0 Å². The van der Waals surface area contributed by atoms with Crippen molar-refractivity contribution in [2.75, 3.05) is 11.9 Å². The van der Waals surface area contributed by atoms with E-state index >= 15 is 0 Å². The van der Waals surface area contributed by atoms with Gasteiger partial charge in [0.2, 0.25) is 5.91 Å². The molecule has 19 heavy (non-hydrogen) atoms. The molecule has 0 aliphatic rings. The normalized spacial score (nSPS) is 11.1. The first-order chi connectivity index (χ1) is 8.78. The molecule has 0 fully saturated rings. The van der Waals surface area contributed by atoms with Gasteiger partial charge >= 0.3 is 5.97 Å². The third-order valence-electron chi connectivity index (χ3n) is 2.41. The van der Waals surface area contributed by atoms with Crippen molar-refractivity contribution in [3.8, 4) is 0 Å². The second-order valence-corrected chi connectivity index (χ2v) is 5.38. The Bertz CT molecular complexity index is 464. The number of hydrogen-bond acceptors (Lipinski definition) is 3. The summed E-state index contributed by atoms with van der Waals surface area (Å²) in [6.07, 6.45) is -0.108. The summed E-state index contributed by atoms with van der Waals surface area (Å²) in [5.74, 6) is -1.11. The van der Waals surface area contributed by atoms with Crippen molar-refractivity contribution in [1.82, 2.24) is 5.32 Å². The molecule has 1 amide bonds. The lowest BCUT2D eigenvalue weighted by Crippen LogP contribution is -2.41. The monoisotopic (exact) mass is 264 g/mol. The molecule has 104 valence electrons. The molecule has 0 aliphatic heterocycles. The van der Waals surface area contributed by atoms with Crippen LogP contribution in [0.1, 0.15) is 26.3 Å². The van der Waals surface area contributed by atoms with Gasteiger partial charge in [-0.2, -0.15) is 0 Å². The topological polar surface area (TPSA) is 78.4 Å². The van der Waals surface area contributed by atoms with Crippen LogP contribution in [-0.4, -0.2) is 29.1 Å². The zero-order valence-electron chi connectivity index (χ0n) is 11.5. The summed E-state index contributed by atoms with van der Waals surface area (Å²) < 4.78 is 0. The number of rotatable bonds is 5. The summed E-state index contributed by atoms with van der Waals surface area (Å²) in [6, 6.07) is 6.91. The van der Waals surface area contributed by atoms with Gasteiger partial charge in [-0.25, -0.2) is 0 Å². The number of amides is 1. The van der Waals surface area contributed by atoms with E-state index in [1.807, 2.05) is 20.8 Å². The van der Waals surface area contributed by atoms with Gasteiger partial charge in [-0.05, 0) is 32.4 Å². The van der Waals surface area contributed by atoms with E-state index in [1.54, 1.807) is 24.3 Å².